The molecule has 0 spiro atoms. The minimum atomic E-state index is 0.0220. The highest BCUT2D eigenvalue weighted by Gasteiger charge is 2.13. The lowest BCUT2D eigenvalue weighted by Crippen LogP contribution is -2.30. The summed E-state index contributed by atoms with van der Waals surface area (Å²) in [6.07, 6.45) is 1.64. The first-order chi connectivity index (χ1) is 12.5. The minimum Gasteiger partial charge on any atom is -0.372 e. The first-order valence-electron chi connectivity index (χ1n) is 9.41. The van der Waals surface area contributed by atoms with Crippen molar-refractivity contribution in [2.45, 2.75) is 34.6 Å². The van der Waals surface area contributed by atoms with Gasteiger partial charge in [0.2, 0.25) is 0 Å². The fourth-order valence-electron chi connectivity index (χ4n) is 3.00. The molecule has 0 saturated heterocycles. The van der Waals surface area contributed by atoms with E-state index in [4.69, 9.17) is 0 Å². The second-order valence-electron chi connectivity index (χ2n) is 6.21. The van der Waals surface area contributed by atoms with Crippen molar-refractivity contribution in [1.29, 1.82) is 0 Å². The predicted molar refractivity (Wildman–Crippen MR) is 110 cm³/mol. The van der Waals surface area contributed by atoms with Crippen molar-refractivity contribution in [3.8, 4) is 0 Å². The number of carbonyl (C=O) groups excluding carboxylic acids is 1. The van der Waals surface area contributed by atoms with Gasteiger partial charge in [-0.3, -0.25) is 4.79 Å². The number of nitrogens with zero attached hydrogens (tertiary/aromatic N) is 3. The van der Waals surface area contributed by atoms with Crippen LogP contribution in [0.4, 0.5) is 17.2 Å². The van der Waals surface area contributed by atoms with Crippen molar-refractivity contribution in [2.24, 2.45) is 0 Å². The lowest BCUT2D eigenvalue weighted by molar-refractivity contribution is 0.0772. The number of rotatable bonds is 8. The number of benzene rings is 1. The summed E-state index contributed by atoms with van der Waals surface area (Å²) in [5.74, 6) is 0.758. The van der Waals surface area contributed by atoms with Crippen molar-refractivity contribution in [1.82, 2.24) is 9.88 Å². The quantitative estimate of drug-likeness (QED) is 0.760. The van der Waals surface area contributed by atoms with Crippen molar-refractivity contribution >= 4 is 23.1 Å². The van der Waals surface area contributed by atoms with Gasteiger partial charge >= 0.3 is 0 Å². The van der Waals surface area contributed by atoms with Gasteiger partial charge in [0, 0.05) is 43.8 Å². The van der Waals surface area contributed by atoms with E-state index < -0.39 is 0 Å². The van der Waals surface area contributed by atoms with E-state index in [-0.39, 0.29) is 5.91 Å². The van der Waals surface area contributed by atoms with E-state index in [0.29, 0.717) is 18.7 Å². The van der Waals surface area contributed by atoms with Crippen molar-refractivity contribution in [3.63, 3.8) is 0 Å². The Kier molecular flexibility index (Phi) is 7.01. The fourth-order valence-corrected chi connectivity index (χ4v) is 3.00. The number of anilines is 3. The molecule has 1 amide bonds. The van der Waals surface area contributed by atoms with Crippen LogP contribution in [0.5, 0.6) is 0 Å². The molecule has 0 aliphatic heterocycles. The second-order valence-corrected chi connectivity index (χ2v) is 6.21. The molecule has 0 fully saturated rings. The molecular weight excluding hydrogens is 324 g/mol. The van der Waals surface area contributed by atoms with E-state index in [9.17, 15) is 4.79 Å². The first kappa shape index (κ1) is 19.8. The average Bonchev–Trinajstić information content (AvgIpc) is 2.66. The standard InChI is InChI=1S/C21H30N4O/c1-6-24(7-2)18-11-12-19(16(5)14-18)23-20-13-10-17(15-22-20)21(26)25(8-3)9-4/h10-15H,6-9H2,1-5H3,(H,22,23). The Morgan fingerprint density at radius 3 is 2.19 bits per heavy atom. The van der Waals surface area contributed by atoms with Gasteiger partial charge in [0.1, 0.15) is 5.82 Å². The summed E-state index contributed by atoms with van der Waals surface area (Å²) >= 11 is 0. The van der Waals surface area contributed by atoms with Gasteiger partial charge in [-0.2, -0.15) is 0 Å². The molecule has 0 aliphatic carbocycles. The Morgan fingerprint density at radius 2 is 1.69 bits per heavy atom. The molecule has 0 radical (unpaired) electrons. The van der Waals surface area contributed by atoms with Crippen LogP contribution >= 0.6 is 0 Å². The fraction of sp³-hybridized carbons (Fsp3) is 0.429. The number of hydrogen-bond donors (Lipinski definition) is 1. The van der Waals surface area contributed by atoms with Crippen LogP contribution in [0.3, 0.4) is 0 Å². The third kappa shape index (κ3) is 4.54. The maximum absolute atomic E-state index is 12.3. The molecule has 2 rings (SSSR count). The summed E-state index contributed by atoms with van der Waals surface area (Å²) < 4.78 is 0. The van der Waals surface area contributed by atoms with Gasteiger partial charge in [-0.1, -0.05) is 0 Å². The second kappa shape index (κ2) is 9.22. The molecule has 1 N–H and O–H groups in total. The smallest absolute Gasteiger partial charge is 0.255 e. The Hall–Kier alpha value is -2.56. The number of carbonyl (C=O) groups is 1. The van der Waals surface area contributed by atoms with Gasteiger partial charge in [-0.25, -0.2) is 4.98 Å². The number of aryl methyl sites for hydroxylation is 1. The molecule has 0 aliphatic rings. The number of hydrogen-bond acceptors (Lipinski definition) is 4. The molecule has 2 aromatic rings. The molecule has 0 saturated carbocycles. The van der Waals surface area contributed by atoms with Crippen LogP contribution in [-0.4, -0.2) is 42.0 Å². The molecular formula is C21H30N4O. The lowest BCUT2D eigenvalue weighted by atomic mass is 10.1. The highest BCUT2D eigenvalue weighted by atomic mass is 16.2. The molecule has 26 heavy (non-hydrogen) atoms. The highest BCUT2D eigenvalue weighted by Crippen LogP contribution is 2.25. The highest BCUT2D eigenvalue weighted by molar-refractivity contribution is 5.94. The van der Waals surface area contributed by atoms with Gasteiger partial charge in [-0.05, 0) is 70.5 Å². The van der Waals surface area contributed by atoms with Crippen LogP contribution < -0.4 is 10.2 Å². The van der Waals surface area contributed by atoms with E-state index in [1.807, 2.05) is 26.0 Å². The molecule has 0 unspecified atom stereocenters. The molecule has 0 bridgehead atoms. The van der Waals surface area contributed by atoms with Gasteiger partial charge in [-0.15, -0.1) is 0 Å². The van der Waals surface area contributed by atoms with Crippen LogP contribution in [0.1, 0.15) is 43.6 Å². The maximum Gasteiger partial charge on any atom is 0.255 e. The minimum absolute atomic E-state index is 0.0220. The van der Waals surface area contributed by atoms with E-state index in [1.54, 1.807) is 11.1 Å². The summed E-state index contributed by atoms with van der Waals surface area (Å²) in [6, 6.07) is 10.1. The molecule has 0 atom stereocenters. The summed E-state index contributed by atoms with van der Waals surface area (Å²) in [4.78, 5) is 20.9. The maximum atomic E-state index is 12.3. The first-order valence-corrected chi connectivity index (χ1v) is 9.41. The number of amides is 1. The lowest BCUT2D eigenvalue weighted by Gasteiger charge is -2.22. The number of pyridine rings is 1. The van der Waals surface area contributed by atoms with Gasteiger partial charge < -0.3 is 15.1 Å². The topological polar surface area (TPSA) is 48.5 Å². The monoisotopic (exact) mass is 354 g/mol. The van der Waals surface area contributed by atoms with E-state index >= 15 is 0 Å². The summed E-state index contributed by atoms with van der Waals surface area (Å²) in [6.45, 7) is 13.8. The Balaban J connectivity index is 2.13. The average molecular weight is 354 g/mol. The Morgan fingerprint density at radius 1 is 1.00 bits per heavy atom. The zero-order chi connectivity index (χ0) is 19.1. The van der Waals surface area contributed by atoms with Crippen molar-refractivity contribution in [3.05, 3.63) is 47.7 Å². The van der Waals surface area contributed by atoms with Gasteiger partial charge in [0.05, 0.1) is 5.56 Å². The van der Waals surface area contributed by atoms with Crippen LogP contribution in [0.15, 0.2) is 36.5 Å². The summed E-state index contributed by atoms with van der Waals surface area (Å²) in [5.41, 5.74) is 4.04. The molecule has 1 aromatic heterocycles. The van der Waals surface area contributed by atoms with E-state index in [2.05, 4.69) is 54.2 Å². The van der Waals surface area contributed by atoms with Crippen LogP contribution in [0.25, 0.3) is 0 Å². The molecule has 1 aromatic carbocycles. The van der Waals surface area contributed by atoms with Crippen LogP contribution in [0.2, 0.25) is 0 Å². The van der Waals surface area contributed by atoms with Gasteiger partial charge in [0.25, 0.3) is 5.91 Å². The SMILES string of the molecule is CCN(CC)C(=O)c1ccc(Nc2ccc(N(CC)CC)cc2C)nc1. The third-order valence-corrected chi connectivity index (χ3v) is 4.66. The third-order valence-electron chi connectivity index (χ3n) is 4.66. The van der Waals surface area contributed by atoms with E-state index in [0.717, 1.165) is 24.6 Å². The molecule has 140 valence electrons. The predicted octanol–water partition coefficient (Wildman–Crippen LogP) is 4.46. The zero-order valence-electron chi connectivity index (χ0n) is 16.5. The number of aromatic nitrogens is 1. The Bertz CT molecular complexity index is 719. The molecule has 1 heterocycles. The molecule has 5 nitrogen and oxygen atoms in total. The summed E-state index contributed by atoms with van der Waals surface area (Å²) in [5, 5.41) is 3.34. The van der Waals surface area contributed by atoms with Crippen molar-refractivity contribution < 1.29 is 4.79 Å². The largest absolute Gasteiger partial charge is 0.372 e. The number of nitrogens with one attached hydrogen (secondary N) is 1. The Labute approximate surface area is 157 Å². The molecule has 5 heteroatoms. The van der Waals surface area contributed by atoms with Gasteiger partial charge in [0.15, 0.2) is 0 Å². The van der Waals surface area contributed by atoms with E-state index in [1.165, 1.54) is 11.3 Å². The normalized spacial score (nSPS) is 10.5. The van der Waals surface area contributed by atoms with Crippen LogP contribution in [0, 0.1) is 6.92 Å². The van der Waals surface area contributed by atoms with Crippen LogP contribution in [-0.2, 0) is 0 Å². The summed E-state index contributed by atoms with van der Waals surface area (Å²) in [7, 11) is 0. The van der Waals surface area contributed by atoms with Crippen molar-refractivity contribution in [2.75, 3.05) is 36.4 Å². The zero-order valence-corrected chi connectivity index (χ0v) is 16.5.